The Morgan fingerprint density at radius 2 is 2.12 bits per heavy atom. The van der Waals surface area contributed by atoms with E-state index in [1.165, 1.54) is 17.3 Å². The van der Waals surface area contributed by atoms with Crippen molar-refractivity contribution in [3.8, 4) is 10.7 Å². The summed E-state index contributed by atoms with van der Waals surface area (Å²) in [7, 11) is 0. The second-order valence-corrected chi connectivity index (χ2v) is 7.24. The van der Waals surface area contributed by atoms with Gasteiger partial charge in [-0.25, -0.2) is 4.98 Å². The number of ketones is 1. The molecule has 0 spiro atoms. The van der Waals surface area contributed by atoms with E-state index in [2.05, 4.69) is 41.2 Å². The normalized spacial score (nSPS) is 10.9. The van der Waals surface area contributed by atoms with Crippen LogP contribution in [-0.2, 0) is 12.8 Å². The van der Waals surface area contributed by atoms with Gasteiger partial charge in [0.15, 0.2) is 11.6 Å². The number of rotatable bonds is 7. The summed E-state index contributed by atoms with van der Waals surface area (Å²) in [6.45, 7) is 4.18. The highest BCUT2D eigenvalue weighted by atomic mass is 32.2. The Labute approximate surface area is 149 Å². The summed E-state index contributed by atoms with van der Waals surface area (Å²) in [4.78, 5) is 18.1. The molecule has 2 heterocycles. The number of benzene rings is 1. The predicted molar refractivity (Wildman–Crippen MR) is 99.9 cm³/mol. The molecule has 0 saturated heterocycles. The number of carbonyl (C=O) groups excluding carboxylic acids is 1. The van der Waals surface area contributed by atoms with Crippen LogP contribution in [0.15, 0.2) is 40.9 Å². The smallest absolute Gasteiger partial charge is 0.209 e. The zero-order valence-electron chi connectivity index (χ0n) is 13.7. The van der Waals surface area contributed by atoms with Gasteiger partial charge < -0.3 is 0 Å². The summed E-state index contributed by atoms with van der Waals surface area (Å²) in [6.07, 6.45) is 1.79. The fourth-order valence-corrected chi connectivity index (χ4v) is 3.80. The molecule has 24 heavy (non-hydrogen) atoms. The van der Waals surface area contributed by atoms with Crippen LogP contribution in [-0.4, -0.2) is 26.7 Å². The van der Waals surface area contributed by atoms with Crippen LogP contribution in [0.1, 0.15) is 35.3 Å². The molecule has 0 bridgehead atoms. The molecule has 1 aromatic carbocycles. The largest absolute Gasteiger partial charge is 0.293 e. The monoisotopic (exact) mass is 357 g/mol. The first-order valence-corrected chi connectivity index (χ1v) is 9.81. The maximum absolute atomic E-state index is 12.6. The molecule has 0 amide bonds. The average Bonchev–Trinajstić information content (AvgIpc) is 3.30. The number of carbonyl (C=O) groups is 1. The van der Waals surface area contributed by atoms with Crippen LogP contribution in [0.25, 0.3) is 10.7 Å². The Bertz CT molecular complexity index is 825. The zero-order valence-corrected chi connectivity index (χ0v) is 15.3. The molecular formula is C18H19N3OS2. The molecule has 2 aromatic heterocycles. The lowest BCUT2D eigenvalue weighted by Crippen LogP contribution is -2.07. The second kappa shape index (κ2) is 7.77. The average molecular weight is 358 g/mol. The standard InChI is InChI=1S/C18H19N3OS2/c1-3-12-7-8-13(4-2)14(10-12)15(22)11-24-18-19-17(20-21-18)16-6-5-9-23-16/h5-10H,3-4,11H2,1-2H3,(H,19,20,21). The highest BCUT2D eigenvalue weighted by molar-refractivity contribution is 7.99. The summed E-state index contributed by atoms with van der Waals surface area (Å²) in [5, 5.41) is 9.73. The molecule has 0 aliphatic rings. The van der Waals surface area contributed by atoms with Crippen molar-refractivity contribution in [1.82, 2.24) is 15.2 Å². The number of nitrogens with one attached hydrogen (secondary N) is 1. The van der Waals surface area contributed by atoms with Crippen molar-refractivity contribution in [1.29, 1.82) is 0 Å². The van der Waals surface area contributed by atoms with E-state index >= 15 is 0 Å². The molecule has 1 N–H and O–H groups in total. The third-order valence-corrected chi connectivity index (χ3v) is 5.54. The molecular weight excluding hydrogens is 338 g/mol. The van der Waals surface area contributed by atoms with Crippen LogP contribution in [0.4, 0.5) is 0 Å². The molecule has 3 aromatic rings. The molecule has 0 aliphatic heterocycles. The lowest BCUT2D eigenvalue weighted by atomic mass is 9.98. The number of H-pyrrole nitrogens is 1. The fraction of sp³-hybridized carbons (Fsp3) is 0.278. The number of hydrogen-bond donors (Lipinski definition) is 1. The summed E-state index contributed by atoms with van der Waals surface area (Å²) < 4.78 is 0. The molecule has 0 fully saturated rings. The predicted octanol–water partition coefficient (Wildman–Crippen LogP) is 4.63. The van der Waals surface area contributed by atoms with Crippen molar-refractivity contribution in [2.45, 2.75) is 31.8 Å². The van der Waals surface area contributed by atoms with Gasteiger partial charge in [0.1, 0.15) is 0 Å². The zero-order chi connectivity index (χ0) is 16.9. The number of Topliss-reactive ketones (excluding diaryl/α,β-unsaturated/α-hetero) is 1. The van der Waals surface area contributed by atoms with Crippen LogP contribution in [0.3, 0.4) is 0 Å². The number of aromatic amines is 1. The topological polar surface area (TPSA) is 58.6 Å². The van der Waals surface area contributed by atoms with Gasteiger partial charge in [-0.1, -0.05) is 43.8 Å². The highest BCUT2D eigenvalue weighted by Crippen LogP contribution is 2.24. The van der Waals surface area contributed by atoms with Crippen molar-refractivity contribution in [2.75, 3.05) is 5.75 Å². The van der Waals surface area contributed by atoms with E-state index in [9.17, 15) is 4.79 Å². The Morgan fingerprint density at radius 1 is 1.25 bits per heavy atom. The maximum Gasteiger partial charge on any atom is 0.209 e. The van der Waals surface area contributed by atoms with Gasteiger partial charge in [0.25, 0.3) is 0 Å². The quantitative estimate of drug-likeness (QED) is 0.494. The van der Waals surface area contributed by atoms with E-state index < -0.39 is 0 Å². The Balaban J connectivity index is 1.70. The van der Waals surface area contributed by atoms with Crippen molar-refractivity contribution in [2.24, 2.45) is 0 Å². The first kappa shape index (κ1) is 16.9. The van der Waals surface area contributed by atoms with E-state index in [1.807, 2.05) is 23.6 Å². The van der Waals surface area contributed by atoms with Gasteiger partial charge in [-0.05, 0) is 41.5 Å². The van der Waals surface area contributed by atoms with Gasteiger partial charge in [0.2, 0.25) is 5.16 Å². The highest BCUT2D eigenvalue weighted by Gasteiger charge is 2.14. The van der Waals surface area contributed by atoms with Crippen molar-refractivity contribution in [3.63, 3.8) is 0 Å². The van der Waals surface area contributed by atoms with Gasteiger partial charge in [0.05, 0.1) is 10.6 Å². The summed E-state index contributed by atoms with van der Waals surface area (Å²) in [5.74, 6) is 1.24. The minimum atomic E-state index is 0.134. The van der Waals surface area contributed by atoms with Gasteiger partial charge >= 0.3 is 0 Å². The van der Waals surface area contributed by atoms with Crippen LogP contribution in [0.2, 0.25) is 0 Å². The number of hydrogen-bond acceptors (Lipinski definition) is 5. The third-order valence-electron chi connectivity index (χ3n) is 3.82. The molecule has 0 unspecified atom stereocenters. The van der Waals surface area contributed by atoms with E-state index in [0.29, 0.717) is 10.9 Å². The Hall–Kier alpha value is -1.92. The van der Waals surface area contributed by atoms with Crippen LogP contribution < -0.4 is 0 Å². The minimum absolute atomic E-state index is 0.134. The molecule has 0 saturated carbocycles. The lowest BCUT2D eigenvalue weighted by Gasteiger charge is -2.08. The molecule has 4 nitrogen and oxygen atoms in total. The summed E-state index contributed by atoms with van der Waals surface area (Å²) in [6, 6.07) is 10.2. The van der Waals surface area contributed by atoms with E-state index in [0.717, 1.165) is 34.7 Å². The Morgan fingerprint density at radius 3 is 2.83 bits per heavy atom. The number of nitrogens with zero attached hydrogens (tertiary/aromatic N) is 2. The maximum atomic E-state index is 12.6. The second-order valence-electron chi connectivity index (χ2n) is 5.35. The summed E-state index contributed by atoms with van der Waals surface area (Å²) in [5.41, 5.74) is 3.13. The van der Waals surface area contributed by atoms with Gasteiger partial charge in [-0.3, -0.25) is 9.89 Å². The van der Waals surface area contributed by atoms with Crippen LogP contribution in [0.5, 0.6) is 0 Å². The van der Waals surface area contributed by atoms with Gasteiger partial charge in [-0.15, -0.1) is 16.4 Å². The van der Waals surface area contributed by atoms with Crippen molar-refractivity contribution in [3.05, 3.63) is 52.4 Å². The molecule has 0 aliphatic carbocycles. The molecule has 6 heteroatoms. The van der Waals surface area contributed by atoms with Gasteiger partial charge in [-0.2, -0.15) is 0 Å². The number of thiophene rings is 1. The first-order valence-electron chi connectivity index (χ1n) is 7.95. The van der Waals surface area contributed by atoms with E-state index in [4.69, 9.17) is 0 Å². The van der Waals surface area contributed by atoms with E-state index in [-0.39, 0.29) is 5.78 Å². The van der Waals surface area contributed by atoms with Crippen molar-refractivity contribution < 1.29 is 4.79 Å². The first-order chi connectivity index (χ1) is 11.7. The summed E-state index contributed by atoms with van der Waals surface area (Å²) >= 11 is 2.99. The van der Waals surface area contributed by atoms with Crippen molar-refractivity contribution >= 4 is 28.9 Å². The van der Waals surface area contributed by atoms with Gasteiger partial charge in [0, 0.05) is 5.56 Å². The number of thioether (sulfide) groups is 1. The van der Waals surface area contributed by atoms with E-state index in [1.54, 1.807) is 11.3 Å². The lowest BCUT2D eigenvalue weighted by molar-refractivity contribution is 0.102. The van der Waals surface area contributed by atoms with Crippen LogP contribution in [0, 0.1) is 0 Å². The fourth-order valence-electron chi connectivity index (χ4n) is 2.45. The molecule has 0 radical (unpaired) electrons. The number of aryl methyl sites for hydroxylation is 2. The number of aromatic nitrogens is 3. The third kappa shape index (κ3) is 3.76. The van der Waals surface area contributed by atoms with Crippen LogP contribution >= 0.6 is 23.1 Å². The molecule has 124 valence electrons. The SMILES string of the molecule is CCc1ccc(CC)c(C(=O)CSc2n[nH]c(-c3cccs3)n2)c1. The molecule has 3 rings (SSSR count). The molecule has 0 atom stereocenters. The Kier molecular flexibility index (Phi) is 5.48. The minimum Gasteiger partial charge on any atom is -0.293 e.